The second-order valence-electron chi connectivity index (χ2n) is 4.37. The zero-order chi connectivity index (χ0) is 14.0. The van der Waals surface area contributed by atoms with E-state index < -0.39 is 0 Å². The van der Waals surface area contributed by atoms with E-state index in [0.717, 1.165) is 15.9 Å². The van der Waals surface area contributed by atoms with Gasteiger partial charge in [0.15, 0.2) is 0 Å². The van der Waals surface area contributed by atoms with E-state index in [1.165, 1.54) is 0 Å². The zero-order valence-corrected chi connectivity index (χ0v) is 12.5. The van der Waals surface area contributed by atoms with E-state index >= 15 is 0 Å². The number of rotatable bonds is 2. The first kappa shape index (κ1) is 14.1. The van der Waals surface area contributed by atoms with Gasteiger partial charge >= 0.3 is 0 Å². The van der Waals surface area contributed by atoms with Gasteiger partial charge in [-0.05, 0) is 28.4 Å². The first-order chi connectivity index (χ1) is 9.06. The molecule has 1 aromatic heterocycles. The molecule has 3 N–H and O–H groups in total. The number of nitrogens with two attached hydrogens (primary N) is 1. The first-order valence-electron chi connectivity index (χ1n) is 6.02. The van der Waals surface area contributed by atoms with Crippen LogP contribution in [-0.4, -0.2) is 43.7 Å². The lowest BCUT2D eigenvalue weighted by Crippen LogP contribution is -2.53. The lowest BCUT2D eigenvalue weighted by Gasteiger charge is -2.36. The van der Waals surface area contributed by atoms with Crippen LogP contribution >= 0.6 is 15.9 Å². The topological polar surface area (TPSA) is 80.5 Å². The van der Waals surface area contributed by atoms with E-state index in [0.29, 0.717) is 25.4 Å². The van der Waals surface area contributed by atoms with Crippen LogP contribution < -0.4 is 16.0 Å². The quantitative estimate of drug-likeness (QED) is 0.834. The third-order valence-corrected chi connectivity index (χ3v) is 4.18. The van der Waals surface area contributed by atoms with Gasteiger partial charge in [-0.1, -0.05) is 0 Å². The molecule has 1 aromatic rings. The Kier molecular flexibility index (Phi) is 4.26. The maximum atomic E-state index is 11.9. The summed E-state index contributed by atoms with van der Waals surface area (Å²) in [7, 11) is 1.62. The highest BCUT2D eigenvalue weighted by Gasteiger charge is 2.31. The van der Waals surface area contributed by atoms with Gasteiger partial charge in [0.1, 0.15) is 11.9 Å². The van der Waals surface area contributed by atoms with Gasteiger partial charge in [-0.25, -0.2) is 4.98 Å². The second kappa shape index (κ2) is 5.75. The summed E-state index contributed by atoms with van der Waals surface area (Å²) >= 11 is 3.51. The number of ether oxygens (including phenoxy) is 1. The van der Waals surface area contributed by atoms with E-state index in [4.69, 9.17) is 10.5 Å². The predicted molar refractivity (Wildman–Crippen MR) is 77.1 cm³/mol. The summed E-state index contributed by atoms with van der Waals surface area (Å²) in [6.07, 6.45) is 1.62. The number of carbonyl (C=O) groups excluding carboxylic acids is 1. The highest BCUT2D eigenvalue weighted by Crippen LogP contribution is 2.32. The molecular weight excluding hydrogens is 312 g/mol. The zero-order valence-electron chi connectivity index (χ0n) is 10.9. The van der Waals surface area contributed by atoms with Crippen LogP contribution in [0.2, 0.25) is 0 Å². The normalized spacial score (nSPS) is 19.3. The van der Waals surface area contributed by atoms with Crippen molar-refractivity contribution in [2.75, 3.05) is 37.4 Å². The number of anilines is 2. The SMILES string of the molecule is CNC(=O)C1COCCN1c1ncc(N)c(C)c1Br. The van der Waals surface area contributed by atoms with Gasteiger partial charge in [0.25, 0.3) is 0 Å². The van der Waals surface area contributed by atoms with Gasteiger partial charge in [0.2, 0.25) is 5.91 Å². The highest BCUT2D eigenvalue weighted by molar-refractivity contribution is 9.10. The van der Waals surface area contributed by atoms with Gasteiger partial charge in [0, 0.05) is 13.6 Å². The lowest BCUT2D eigenvalue weighted by atomic mass is 10.2. The molecule has 7 heteroatoms. The number of nitrogens with zero attached hydrogens (tertiary/aromatic N) is 2. The van der Waals surface area contributed by atoms with Gasteiger partial charge in [-0.2, -0.15) is 0 Å². The Morgan fingerprint density at radius 2 is 2.42 bits per heavy atom. The maximum absolute atomic E-state index is 11.9. The fraction of sp³-hybridized carbons (Fsp3) is 0.500. The number of carbonyl (C=O) groups is 1. The number of halogens is 1. The fourth-order valence-electron chi connectivity index (χ4n) is 2.02. The fourth-order valence-corrected chi connectivity index (χ4v) is 2.58. The number of likely N-dealkylation sites (N-methyl/N-ethyl adjacent to an activating group) is 1. The average molecular weight is 329 g/mol. The molecule has 1 fully saturated rings. The predicted octanol–water partition coefficient (Wildman–Crippen LogP) is 0.686. The maximum Gasteiger partial charge on any atom is 0.244 e. The lowest BCUT2D eigenvalue weighted by molar-refractivity contribution is -0.124. The molecule has 0 aromatic carbocycles. The summed E-state index contributed by atoms with van der Waals surface area (Å²) < 4.78 is 6.20. The van der Waals surface area contributed by atoms with E-state index in [1.54, 1.807) is 13.2 Å². The van der Waals surface area contributed by atoms with Gasteiger partial charge in [-0.3, -0.25) is 4.79 Å². The molecule has 19 heavy (non-hydrogen) atoms. The molecule has 1 saturated heterocycles. The van der Waals surface area contributed by atoms with Crippen LogP contribution in [0, 0.1) is 6.92 Å². The summed E-state index contributed by atoms with van der Waals surface area (Å²) in [5.74, 6) is 0.645. The van der Waals surface area contributed by atoms with Crippen molar-refractivity contribution >= 4 is 33.3 Å². The largest absolute Gasteiger partial charge is 0.397 e. The van der Waals surface area contributed by atoms with Crippen LogP contribution in [0.4, 0.5) is 11.5 Å². The monoisotopic (exact) mass is 328 g/mol. The summed E-state index contributed by atoms with van der Waals surface area (Å²) in [6, 6.07) is -0.370. The molecule has 2 heterocycles. The summed E-state index contributed by atoms with van der Waals surface area (Å²) in [5, 5.41) is 2.65. The molecule has 1 aliphatic rings. The minimum Gasteiger partial charge on any atom is -0.397 e. The van der Waals surface area contributed by atoms with Crippen molar-refractivity contribution in [2.45, 2.75) is 13.0 Å². The Balaban J connectivity index is 2.38. The van der Waals surface area contributed by atoms with E-state index in [1.807, 2.05) is 11.8 Å². The summed E-state index contributed by atoms with van der Waals surface area (Å²) in [5.41, 5.74) is 7.37. The number of amides is 1. The number of aromatic nitrogens is 1. The Bertz CT molecular complexity index is 495. The van der Waals surface area contributed by atoms with Crippen LogP contribution in [0.15, 0.2) is 10.7 Å². The van der Waals surface area contributed by atoms with Crippen molar-refractivity contribution in [3.05, 3.63) is 16.2 Å². The molecule has 1 unspecified atom stereocenters. The average Bonchev–Trinajstić information content (AvgIpc) is 2.44. The smallest absolute Gasteiger partial charge is 0.244 e. The number of nitrogens with one attached hydrogen (secondary N) is 1. The Hall–Kier alpha value is -1.34. The molecule has 1 aliphatic heterocycles. The molecule has 0 aliphatic carbocycles. The Morgan fingerprint density at radius 3 is 3.11 bits per heavy atom. The molecule has 0 radical (unpaired) electrons. The van der Waals surface area contributed by atoms with E-state index in [-0.39, 0.29) is 11.9 Å². The van der Waals surface area contributed by atoms with Crippen molar-refractivity contribution in [3.63, 3.8) is 0 Å². The third-order valence-electron chi connectivity index (χ3n) is 3.23. The van der Waals surface area contributed by atoms with Gasteiger partial charge in [0.05, 0.1) is 29.6 Å². The molecule has 2 rings (SSSR count). The molecule has 6 nitrogen and oxygen atoms in total. The van der Waals surface area contributed by atoms with Crippen molar-refractivity contribution in [1.82, 2.24) is 10.3 Å². The highest BCUT2D eigenvalue weighted by atomic mass is 79.9. The van der Waals surface area contributed by atoms with E-state index in [2.05, 4.69) is 26.2 Å². The van der Waals surface area contributed by atoms with Crippen molar-refractivity contribution in [3.8, 4) is 0 Å². The van der Waals surface area contributed by atoms with Crippen molar-refractivity contribution < 1.29 is 9.53 Å². The van der Waals surface area contributed by atoms with Crippen LogP contribution in [0.3, 0.4) is 0 Å². The Labute approximate surface area is 120 Å². The summed E-state index contributed by atoms with van der Waals surface area (Å²) in [6.45, 7) is 3.47. The Morgan fingerprint density at radius 1 is 1.68 bits per heavy atom. The molecular formula is C12H17BrN4O2. The van der Waals surface area contributed by atoms with Crippen LogP contribution in [0.25, 0.3) is 0 Å². The number of hydrogen-bond acceptors (Lipinski definition) is 5. The molecule has 1 atom stereocenters. The second-order valence-corrected chi connectivity index (χ2v) is 5.17. The van der Waals surface area contributed by atoms with Crippen LogP contribution in [-0.2, 0) is 9.53 Å². The van der Waals surface area contributed by atoms with Crippen molar-refractivity contribution in [1.29, 1.82) is 0 Å². The molecule has 1 amide bonds. The number of morpholine rings is 1. The summed E-state index contributed by atoms with van der Waals surface area (Å²) in [4.78, 5) is 18.2. The molecule has 0 saturated carbocycles. The van der Waals surface area contributed by atoms with Crippen LogP contribution in [0.5, 0.6) is 0 Å². The molecule has 0 bridgehead atoms. The minimum absolute atomic E-state index is 0.0807. The standard InChI is InChI=1S/C12H17BrN4O2/c1-7-8(14)5-16-11(10(7)13)17-3-4-19-6-9(17)12(18)15-2/h5,9H,3-4,6,14H2,1-2H3,(H,15,18). The molecule has 104 valence electrons. The third kappa shape index (κ3) is 2.66. The molecule has 0 spiro atoms. The van der Waals surface area contributed by atoms with Crippen molar-refractivity contribution in [2.24, 2.45) is 0 Å². The van der Waals surface area contributed by atoms with E-state index in [9.17, 15) is 4.79 Å². The number of pyridine rings is 1. The van der Waals surface area contributed by atoms with Crippen LogP contribution in [0.1, 0.15) is 5.56 Å². The number of hydrogen-bond donors (Lipinski definition) is 2. The number of nitrogen functional groups attached to an aromatic ring is 1. The first-order valence-corrected chi connectivity index (χ1v) is 6.82. The minimum atomic E-state index is -0.370. The van der Waals surface area contributed by atoms with Gasteiger partial charge in [-0.15, -0.1) is 0 Å². The van der Waals surface area contributed by atoms with Gasteiger partial charge < -0.3 is 20.7 Å².